The molecule has 0 aliphatic carbocycles. The van der Waals surface area contributed by atoms with Gasteiger partial charge in [-0.15, -0.1) is 0 Å². The van der Waals surface area contributed by atoms with E-state index in [2.05, 4.69) is 5.32 Å². The molecular weight excluding hydrogens is 252 g/mol. The van der Waals surface area contributed by atoms with E-state index in [4.69, 9.17) is 11.6 Å². The fourth-order valence-corrected chi connectivity index (χ4v) is 1.78. The molecule has 18 heavy (non-hydrogen) atoms. The van der Waals surface area contributed by atoms with Gasteiger partial charge in [-0.2, -0.15) is 0 Å². The van der Waals surface area contributed by atoms with E-state index in [1.807, 2.05) is 30.3 Å². The third-order valence-electron chi connectivity index (χ3n) is 2.50. The first-order chi connectivity index (χ1) is 8.66. The Hall–Kier alpha value is -2.07. The molecule has 0 aromatic heterocycles. The van der Waals surface area contributed by atoms with E-state index in [1.165, 1.54) is 6.07 Å². The summed E-state index contributed by atoms with van der Waals surface area (Å²) in [5, 5.41) is 14.4. The molecule has 2 rings (SSSR count). The summed E-state index contributed by atoms with van der Waals surface area (Å²) in [6.07, 6.45) is 0. The largest absolute Gasteiger partial charge is 0.381 e. The first kappa shape index (κ1) is 12.4. The minimum absolute atomic E-state index is 0.0333. The molecule has 5 heteroatoms. The van der Waals surface area contributed by atoms with E-state index in [9.17, 15) is 10.1 Å². The van der Waals surface area contributed by atoms with E-state index >= 15 is 0 Å². The first-order valence-electron chi connectivity index (χ1n) is 5.38. The summed E-state index contributed by atoms with van der Waals surface area (Å²) >= 11 is 5.75. The number of anilines is 1. The van der Waals surface area contributed by atoms with Crippen molar-refractivity contribution in [2.24, 2.45) is 0 Å². The van der Waals surface area contributed by atoms with E-state index in [0.29, 0.717) is 17.1 Å². The fraction of sp³-hybridized carbons (Fsp3) is 0.0769. The molecule has 0 amide bonds. The summed E-state index contributed by atoms with van der Waals surface area (Å²) in [5.74, 6) is 0. The van der Waals surface area contributed by atoms with Gasteiger partial charge in [0.15, 0.2) is 0 Å². The monoisotopic (exact) mass is 262 g/mol. The normalized spacial score (nSPS) is 10.1. The van der Waals surface area contributed by atoms with Crippen molar-refractivity contribution in [3.63, 3.8) is 0 Å². The molecular formula is C13H11ClN2O2. The van der Waals surface area contributed by atoms with Crippen LogP contribution >= 0.6 is 11.6 Å². The van der Waals surface area contributed by atoms with Crippen LogP contribution in [-0.2, 0) is 6.54 Å². The van der Waals surface area contributed by atoms with Crippen LogP contribution in [0.25, 0.3) is 0 Å². The lowest BCUT2D eigenvalue weighted by Gasteiger charge is -2.07. The molecule has 2 aromatic rings. The van der Waals surface area contributed by atoms with Gasteiger partial charge >= 0.3 is 0 Å². The van der Waals surface area contributed by atoms with Gasteiger partial charge in [0, 0.05) is 28.9 Å². The molecule has 0 atom stereocenters. The Kier molecular flexibility index (Phi) is 3.79. The van der Waals surface area contributed by atoms with Crippen LogP contribution in [-0.4, -0.2) is 4.92 Å². The number of rotatable bonds is 4. The Morgan fingerprint density at radius 2 is 1.89 bits per heavy atom. The highest BCUT2D eigenvalue weighted by Gasteiger charge is 2.13. The molecule has 0 aliphatic rings. The van der Waals surface area contributed by atoms with Gasteiger partial charge in [0.2, 0.25) is 0 Å². The van der Waals surface area contributed by atoms with Gasteiger partial charge < -0.3 is 5.32 Å². The summed E-state index contributed by atoms with van der Waals surface area (Å²) in [6, 6.07) is 14.2. The average molecular weight is 263 g/mol. The molecule has 0 saturated carbocycles. The lowest BCUT2D eigenvalue weighted by atomic mass is 10.1. The highest BCUT2D eigenvalue weighted by atomic mass is 35.5. The summed E-state index contributed by atoms with van der Waals surface area (Å²) < 4.78 is 0. The van der Waals surface area contributed by atoms with Crippen molar-refractivity contribution in [1.82, 2.24) is 0 Å². The van der Waals surface area contributed by atoms with Crippen molar-refractivity contribution in [2.45, 2.75) is 6.54 Å². The number of halogens is 1. The number of nitrogens with one attached hydrogen (secondary N) is 1. The van der Waals surface area contributed by atoms with Crippen molar-refractivity contribution in [3.8, 4) is 0 Å². The Morgan fingerprint density at radius 1 is 1.17 bits per heavy atom. The maximum absolute atomic E-state index is 10.9. The number of nitro benzene ring substituents is 1. The lowest BCUT2D eigenvalue weighted by molar-refractivity contribution is -0.385. The van der Waals surface area contributed by atoms with Crippen molar-refractivity contribution < 1.29 is 4.92 Å². The number of nitro groups is 1. The third kappa shape index (κ3) is 2.99. The summed E-state index contributed by atoms with van der Waals surface area (Å²) in [5.41, 5.74) is 1.56. The van der Waals surface area contributed by atoms with E-state index in [-0.39, 0.29) is 5.69 Å². The summed E-state index contributed by atoms with van der Waals surface area (Å²) in [4.78, 5) is 10.5. The third-order valence-corrected chi connectivity index (χ3v) is 2.74. The number of benzene rings is 2. The maximum atomic E-state index is 10.9. The maximum Gasteiger partial charge on any atom is 0.275 e. The molecule has 2 aromatic carbocycles. The second-order valence-electron chi connectivity index (χ2n) is 3.75. The van der Waals surface area contributed by atoms with Crippen LogP contribution in [0.1, 0.15) is 5.56 Å². The van der Waals surface area contributed by atoms with Gasteiger partial charge in [0.25, 0.3) is 5.69 Å². The van der Waals surface area contributed by atoms with Gasteiger partial charge in [-0.1, -0.05) is 29.8 Å². The molecule has 0 spiro atoms. The first-order valence-corrected chi connectivity index (χ1v) is 5.76. The zero-order valence-corrected chi connectivity index (χ0v) is 10.2. The number of para-hydroxylation sites is 1. The predicted octanol–water partition coefficient (Wildman–Crippen LogP) is 3.86. The second kappa shape index (κ2) is 5.51. The topological polar surface area (TPSA) is 55.2 Å². The standard InChI is InChI=1S/C13H11ClN2O2/c14-11-7-6-10(13(8-11)16(17)18)9-15-12-4-2-1-3-5-12/h1-8,15H,9H2. The smallest absolute Gasteiger partial charge is 0.275 e. The highest BCUT2D eigenvalue weighted by molar-refractivity contribution is 6.30. The van der Waals surface area contributed by atoms with Gasteiger partial charge in [-0.3, -0.25) is 10.1 Å². The molecule has 0 heterocycles. The van der Waals surface area contributed by atoms with Crippen LogP contribution in [0.2, 0.25) is 5.02 Å². The molecule has 0 radical (unpaired) electrons. The zero-order valence-electron chi connectivity index (χ0n) is 9.47. The Morgan fingerprint density at radius 3 is 2.56 bits per heavy atom. The van der Waals surface area contributed by atoms with Gasteiger partial charge in [0.1, 0.15) is 0 Å². The van der Waals surface area contributed by atoms with E-state index < -0.39 is 4.92 Å². The lowest BCUT2D eigenvalue weighted by Crippen LogP contribution is -2.02. The SMILES string of the molecule is O=[N+]([O-])c1cc(Cl)ccc1CNc1ccccc1. The zero-order chi connectivity index (χ0) is 13.0. The van der Waals surface area contributed by atoms with E-state index in [1.54, 1.807) is 12.1 Å². The van der Waals surface area contributed by atoms with Gasteiger partial charge in [-0.05, 0) is 24.3 Å². The summed E-state index contributed by atoms with van der Waals surface area (Å²) in [7, 11) is 0. The van der Waals surface area contributed by atoms with Gasteiger partial charge in [0.05, 0.1) is 4.92 Å². The predicted molar refractivity (Wildman–Crippen MR) is 71.9 cm³/mol. The van der Waals surface area contributed by atoms with Crippen molar-refractivity contribution in [3.05, 3.63) is 69.2 Å². The Balaban J connectivity index is 2.17. The van der Waals surface area contributed by atoms with Gasteiger partial charge in [-0.25, -0.2) is 0 Å². The molecule has 0 fully saturated rings. The Bertz CT molecular complexity index is 558. The molecule has 1 N–H and O–H groups in total. The van der Waals surface area contributed by atoms with E-state index in [0.717, 1.165) is 5.69 Å². The van der Waals surface area contributed by atoms with Crippen LogP contribution in [0, 0.1) is 10.1 Å². The molecule has 4 nitrogen and oxygen atoms in total. The molecule has 0 bridgehead atoms. The molecule has 0 saturated heterocycles. The van der Waals surface area contributed by atoms with Crippen molar-refractivity contribution in [1.29, 1.82) is 0 Å². The van der Waals surface area contributed by atoms with Crippen LogP contribution < -0.4 is 5.32 Å². The van der Waals surface area contributed by atoms with Crippen molar-refractivity contribution in [2.75, 3.05) is 5.32 Å². The van der Waals surface area contributed by atoms with Crippen LogP contribution in [0.5, 0.6) is 0 Å². The minimum atomic E-state index is -0.423. The van der Waals surface area contributed by atoms with Crippen LogP contribution in [0.4, 0.5) is 11.4 Å². The van der Waals surface area contributed by atoms with Crippen LogP contribution in [0.15, 0.2) is 48.5 Å². The highest BCUT2D eigenvalue weighted by Crippen LogP contribution is 2.24. The number of hydrogen-bond acceptors (Lipinski definition) is 3. The minimum Gasteiger partial charge on any atom is -0.381 e. The second-order valence-corrected chi connectivity index (χ2v) is 4.19. The quantitative estimate of drug-likeness (QED) is 0.672. The Labute approximate surface area is 109 Å². The molecule has 92 valence electrons. The average Bonchev–Trinajstić information content (AvgIpc) is 2.38. The van der Waals surface area contributed by atoms with Crippen LogP contribution in [0.3, 0.4) is 0 Å². The van der Waals surface area contributed by atoms with Crippen molar-refractivity contribution >= 4 is 23.0 Å². The number of nitrogens with zero attached hydrogens (tertiary/aromatic N) is 1. The number of hydrogen-bond donors (Lipinski definition) is 1. The fourth-order valence-electron chi connectivity index (χ4n) is 1.61. The molecule has 0 aliphatic heterocycles. The molecule has 0 unspecified atom stereocenters. The summed E-state index contributed by atoms with van der Waals surface area (Å²) in [6.45, 7) is 0.386.